The molecule has 0 saturated carbocycles. The summed E-state index contributed by atoms with van der Waals surface area (Å²) in [6.45, 7) is 10.2. The predicted molar refractivity (Wildman–Crippen MR) is 137 cm³/mol. The molecule has 10 heteroatoms. The van der Waals surface area contributed by atoms with Crippen LogP contribution >= 0.6 is 0 Å². The normalized spacial score (nSPS) is 13.8. The second kappa shape index (κ2) is 12.0. The van der Waals surface area contributed by atoms with E-state index in [-0.39, 0.29) is 24.6 Å². The summed E-state index contributed by atoms with van der Waals surface area (Å²) in [4.78, 5) is 45.4. The maximum absolute atomic E-state index is 13.8. The van der Waals surface area contributed by atoms with Crippen molar-refractivity contribution in [1.82, 2.24) is 14.8 Å². The number of benzene rings is 1. The molecule has 194 valence electrons. The van der Waals surface area contributed by atoms with Crippen LogP contribution < -0.4 is 11.1 Å². The minimum Gasteiger partial charge on any atom is -0.449 e. The van der Waals surface area contributed by atoms with Gasteiger partial charge in [-0.1, -0.05) is 13.8 Å². The zero-order chi connectivity index (χ0) is 26.4. The molecule has 0 bridgehead atoms. The molecule has 4 N–H and O–H groups in total. The van der Waals surface area contributed by atoms with E-state index >= 15 is 0 Å². The van der Waals surface area contributed by atoms with Crippen molar-refractivity contribution in [3.63, 3.8) is 0 Å². The smallest absolute Gasteiger partial charge is 0.416 e. The lowest BCUT2D eigenvalue weighted by atomic mass is 10.0. The molecule has 9 nitrogen and oxygen atoms in total. The van der Waals surface area contributed by atoms with Gasteiger partial charge >= 0.3 is 6.09 Å². The standard InChI is InChI=1S/C26H34FN5O4/c1-5-31(6-2)11-12-32(26(35)36-13-7-10-28)25(34)23-16(3)22(29-17(23)4)15-20-19-14-18(27)8-9-21(19)30-24(20)33/h8-9,14-15,29H,5-7,10-13,28H2,1-4H3,(H,30,33)/b20-15-. The Morgan fingerprint density at radius 3 is 2.56 bits per heavy atom. The second-order valence-electron chi connectivity index (χ2n) is 8.61. The van der Waals surface area contributed by atoms with E-state index in [1.54, 1.807) is 19.9 Å². The molecule has 0 saturated heterocycles. The molecule has 2 aromatic rings. The molecule has 0 radical (unpaired) electrons. The van der Waals surface area contributed by atoms with Crippen molar-refractivity contribution in [2.75, 3.05) is 44.6 Å². The average molecular weight is 500 g/mol. The Hall–Kier alpha value is -3.50. The third kappa shape index (κ3) is 5.83. The summed E-state index contributed by atoms with van der Waals surface area (Å²) in [5.74, 6) is -1.30. The molecule has 1 aromatic carbocycles. The first-order chi connectivity index (χ1) is 17.2. The van der Waals surface area contributed by atoms with Crippen LogP contribution in [0.2, 0.25) is 0 Å². The van der Waals surface area contributed by atoms with Gasteiger partial charge in [0.05, 0.1) is 17.7 Å². The van der Waals surface area contributed by atoms with Gasteiger partial charge in [0.1, 0.15) is 5.82 Å². The fraction of sp³-hybridized carbons (Fsp3) is 0.423. The van der Waals surface area contributed by atoms with Gasteiger partial charge in [0.2, 0.25) is 0 Å². The summed E-state index contributed by atoms with van der Waals surface area (Å²) in [5.41, 5.74) is 8.73. The van der Waals surface area contributed by atoms with Crippen LogP contribution in [0.15, 0.2) is 18.2 Å². The highest BCUT2D eigenvalue weighted by atomic mass is 19.1. The molecule has 3 rings (SSSR count). The van der Waals surface area contributed by atoms with Crippen molar-refractivity contribution < 1.29 is 23.5 Å². The van der Waals surface area contributed by atoms with Crippen LogP contribution in [-0.4, -0.2) is 72.0 Å². The Balaban J connectivity index is 1.94. The van der Waals surface area contributed by atoms with E-state index in [9.17, 15) is 18.8 Å². The number of nitrogens with one attached hydrogen (secondary N) is 2. The van der Waals surface area contributed by atoms with Crippen LogP contribution in [0.3, 0.4) is 0 Å². The van der Waals surface area contributed by atoms with Crippen LogP contribution in [0, 0.1) is 19.7 Å². The lowest BCUT2D eigenvalue weighted by molar-refractivity contribution is -0.110. The van der Waals surface area contributed by atoms with E-state index in [0.29, 0.717) is 53.3 Å². The van der Waals surface area contributed by atoms with E-state index < -0.39 is 17.8 Å². The topological polar surface area (TPSA) is 121 Å². The van der Waals surface area contributed by atoms with Gasteiger partial charge in [-0.05, 0) is 69.7 Å². The molecule has 0 spiro atoms. The third-order valence-electron chi connectivity index (χ3n) is 6.32. The van der Waals surface area contributed by atoms with Gasteiger partial charge in [-0.25, -0.2) is 14.1 Å². The molecular formula is C26H34FN5O4. The molecule has 3 amide bonds. The maximum atomic E-state index is 13.8. The molecule has 0 aliphatic carbocycles. The summed E-state index contributed by atoms with van der Waals surface area (Å²) in [6.07, 6.45) is 1.37. The van der Waals surface area contributed by atoms with Gasteiger partial charge in [-0.3, -0.25) is 9.59 Å². The molecule has 0 unspecified atom stereocenters. The largest absolute Gasteiger partial charge is 0.449 e. The van der Waals surface area contributed by atoms with Gasteiger partial charge in [0, 0.05) is 35.7 Å². The number of imide groups is 1. The van der Waals surface area contributed by atoms with Crippen molar-refractivity contribution in [2.45, 2.75) is 34.1 Å². The van der Waals surface area contributed by atoms with Crippen LogP contribution in [0.1, 0.15) is 53.1 Å². The van der Waals surface area contributed by atoms with E-state index in [1.807, 2.05) is 13.8 Å². The van der Waals surface area contributed by atoms with Crippen molar-refractivity contribution >= 4 is 35.2 Å². The van der Waals surface area contributed by atoms with Gasteiger partial charge in [-0.15, -0.1) is 0 Å². The highest BCUT2D eigenvalue weighted by Gasteiger charge is 2.30. The number of anilines is 1. The SMILES string of the molecule is CCN(CC)CCN(C(=O)OCCCN)C(=O)c1c(C)[nH]c(/C=C2\C(=O)Nc3ccc(F)cc32)c1C. The summed E-state index contributed by atoms with van der Waals surface area (Å²) >= 11 is 0. The minimum absolute atomic E-state index is 0.123. The number of halogens is 1. The fourth-order valence-electron chi connectivity index (χ4n) is 4.20. The second-order valence-corrected chi connectivity index (χ2v) is 8.61. The van der Waals surface area contributed by atoms with E-state index in [2.05, 4.69) is 15.2 Å². The molecule has 0 fully saturated rings. The van der Waals surface area contributed by atoms with Crippen molar-refractivity contribution in [2.24, 2.45) is 5.73 Å². The fourth-order valence-corrected chi connectivity index (χ4v) is 4.20. The molecule has 1 aliphatic rings. The third-order valence-corrected chi connectivity index (χ3v) is 6.32. The molecule has 2 heterocycles. The number of hydrogen-bond donors (Lipinski definition) is 3. The Morgan fingerprint density at radius 1 is 1.17 bits per heavy atom. The predicted octanol–water partition coefficient (Wildman–Crippen LogP) is 3.53. The van der Waals surface area contributed by atoms with Crippen LogP contribution in [0.4, 0.5) is 14.9 Å². The average Bonchev–Trinajstić information content (AvgIpc) is 3.31. The van der Waals surface area contributed by atoms with Crippen molar-refractivity contribution in [3.05, 3.63) is 52.1 Å². The van der Waals surface area contributed by atoms with E-state index in [0.717, 1.165) is 18.0 Å². The lowest BCUT2D eigenvalue weighted by Gasteiger charge is -2.25. The summed E-state index contributed by atoms with van der Waals surface area (Å²) in [5, 5.41) is 2.72. The first kappa shape index (κ1) is 27.1. The number of aryl methyl sites for hydroxylation is 1. The number of H-pyrrole nitrogens is 1. The highest BCUT2D eigenvalue weighted by Crippen LogP contribution is 2.34. The molecule has 36 heavy (non-hydrogen) atoms. The van der Waals surface area contributed by atoms with Crippen molar-refractivity contribution in [3.8, 4) is 0 Å². The highest BCUT2D eigenvalue weighted by molar-refractivity contribution is 6.35. The maximum Gasteiger partial charge on any atom is 0.416 e. The molecule has 0 atom stereocenters. The number of ether oxygens (including phenoxy) is 1. The number of likely N-dealkylation sites (N-methyl/N-ethyl adjacent to an activating group) is 1. The number of carbonyl (C=O) groups is 3. The van der Waals surface area contributed by atoms with Gasteiger partial charge in [0.25, 0.3) is 11.8 Å². The number of carbonyl (C=O) groups excluding carboxylic acids is 3. The van der Waals surface area contributed by atoms with Gasteiger partial charge in [0.15, 0.2) is 0 Å². The zero-order valence-electron chi connectivity index (χ0n) is 21.2. The number of nitrogens with two attached hydrogens (primary N) is 1. The zero-order valence-corrected chi connectivity index (χ0v) is 21.2. The molecular weight excluding hydrogens is 465 g/mol. The monoisotopic (exact) mass is 499 g/mol. The van der Waals surface area contributed by atoms with E-state index in [4.69, 9.17) is 10.5 Å². The number of aromatic amines is 1. The Morgan fingerprint density at radius 2 is 1.89 bits per heavy atom. The number of hydrogen-bond acceptors (Lipinski definition) is 6. The van der Waals surface area contributed by atoms with Crippen molar-refractivity contribution in [1.29, 1.82) is 0 Å². The van der Waals surface area contributed by atoms with Gasteiger partial charge < -0.3 is 25.7 Å². The summed E-state index contributed by atoms with van der Waals surface area (Å²) < 4.78 is 19.1. The number of nitrogens with zero attached hydrogens (tertiary/aromatic N) is 2. The van der Waals surface area contributed by atoms with Gasteiger partial charge in [-0.2, -0.15) is 0 Å². The Bertz CT molecular complexity index is 1170. The number of fused-ring (bicyclic) bond motifs is 1. The quantitative estimate of drug-likeness (QED) is 0.340. The molecule has 1 aromatic heterocycles. The first-order valence-electron chi connectivity index (χ1n) is 12.1. The van der Waals surface area contributed by atoms with Crippen LogP contribution in [0.25, 0.3) is 11.6 Å². The lowest BCUT2D eigenvalue weighted by Crippen LogP contribution is -2.43. The van der Waals surface area contributed by atoms with Crippen LogP contribution in [0.5, 0.6) is 0 Å². The first-order valence-corrected chi connectivity index (χ1v) is 12.1. The summed E-state index contributed by atoms with van der Waals surface area (Å²) in [6, 6.07) is 4.08. The number of rotatable bonds is 10. The van der Waals surface area contributed by atoms with Crippen LogP contribution in [-0.2, 0) is 9.53 Å². The number of aromatic nitrogens is 1. The van der Waals surface area contributed by atoms with E-state index in [1.165, 1.54) is 18.2 Å². The minimum atomic E-state index is -0.722. The summed E-state index contributed by atoms with van der Waals surface area (Å²) in [7, 11) is 0. The Labute approximate surface area is 210 Å². The Kier molecular flexibility index (Phi) is 9.00. The molecule has 1 aliphatic heterocycles. The number of amides is 3.